The molecule has 1 aromatic carbocycles. The van der Waals surface area contributed by atoms with Crippen LogP contribution >= 0.6 is 0 Å². The minimum Gasteiger partial charge on any atom is -0.507 e. The van der Waals surface area contributed by atoms with Gasteiger partial charge in [0.1, 0.15) is 5.75 Å². The van der Waals surface area contributed by atoms with Gasteiger partial charge in [-0.15, -0.1) is 0 Å². The number of aromatic hydroxyl groups is 1. The Bertz CT molecular complexity index is 413. The SMILES string of the molecule is CCN=Cc1cc([N+](=O)[O-])cc(C)c1O. The molecule has 1 rings (SSSR count). The van der Waals surface area contributed by atoms with Crippen LogP contribution in [0.2, 0.25) is 0 Å². The van der Waals surface area contributed by atoms with E-state index in [1.165, 1.54) is 18.3 Å². The number of phenolic OH excluding ortho intramolecular Hbond substituents is 1. The number of hydrogen-bond donors (Lipinski definition) is 1. The fourth-order valence-corrected chi connectivity index (χ4v) is 1.18. The second-order valence-corrected chi connectivity index (χ2v) is 3.09. The zero-order chi connectivity index (χ0) is 11.4. The van der Waals surface area contributed by atoms with Gasteiger partial charge < -0.3 is 5.11 Å². The Morgan fingerprint density at radius 2 is 2.27 bits per heavy atom. The van der Waals surface area contributed by atoms with E-state index in [2.05, 4.69) is 4.99 Å². The van der Waals surface area contributed by atoms with Crippen LogP contribution in [-0.4, -0.2) is 22.8 Å². The third-order valence-electron chi connectivity index (χ3n) is 1.94. The third kappa shape index (κ3) is 2.52. The van der Waals surface area contributed by atoms with E-state index in [9.17, 15) is 15.2 Å². The summed E-state index contributed by atoms with van der Waals surface area (Å²) in [6.07, 6.45) is 1.44. The van der Waals surface area contributed by atoms with Crippen molar-refractivity contribution in [2.75, 3.05) is 6.54 Å². The third-order valence-corrected chi connectivity index (χ3v) is 1.94. The molecule has 80 valence electrons. The number of aliphatic imine (C=N–C) groups is 1. The van der Waals surface area contributed by atoms with E-state index < -0.39 is 4.92 Å². The standard InChI is InChI=1S/C10H12N2O3/c1-3-11-6-8-5-9(12(14)15)4-7(2)10(8)13/h4-6,13H,3H2,1-2H3. The Morgan fingerprint density at radius 3 is 2.80 bits per heavy atom. The molecule has 0 aliphatic carbocycles. The summed E-state index contributed by atoms with van der Waals surface area (Å²) >= 11 is 0. The molecule has 0 unspecified atom stereocenters. The molecule has 0 atom stereocenters. The van der Waals surface area contributed by atoms with Crippen molar-refractivity contribution in [3.8, 4) is 5.75 Å². The highest BCUT2D eigenvalue weighted by Gasteiger charge is 2.12. The Morgan fingerprint density at radius 1 is 1.60 bits per heavy atom. The summed E-state index contributed by atoms with van der Waals surface area (Å²) in [4.78, 5) is 14.0. The van der Waals surface area contributed by atoms with E-state index in [1.54, 1.807) is 6.92 Å². The van der Waals surface area contributed by atoms with Crippen LogP contribution in [0.25, 0.3) is 0 Å². The fourth-order valence-electron chi connectivity index (χ4n) is 1.18. The van der Waals surface area contributed by atoms with Crippen LogP contribution < -0.4 is 0 Å². The van der Waals surface area contributed by atoms with Gasteiger partial charge >= 0.3 is 0 Å². The lowest BCUT2D eigenvalue weighted by Crippen LogP contribution is -1.93. The molecule has 0 aliphatic heterocycles. The molecular weight excluding hydrogens is 196 g/mol. The first kappa shape index (κ1) is 11.2. The smallest absolute Gasteiger partial charge is 0.270 e. The second kappa shape index (κ2) is 4.54. The number of phenols is 1. The summed E-state index contributed by atoms with van der Waals surface area (Å²) in [5, 5.41) is 20.2. The Labute approximate surface area is 87.2 Å². The molecule has 0 bridgehead atoms. The molecule has 0 spiro atoms. The van der Waals surface area contributed by atoms with Crippen molar-refractivity contribution in [3.05, 3.63) is 33.4 Å². The van der Waals surface area contributed by atoms with Gasteiger partial charge in [0.05, 0.1) is 4.92 Å². The van der Waals surface area contributed by atoms with Gasteiger partial charge in [-0.2, -0.15) is 0 Å². The number of hydrogen-bond acceptors (Lipinski definition) is 4. The second-order valence-electron chi connectivity index (χ2n) is 3.09. The molecule has 15 heavy (non-hydrogen) atoms. The molecule has 5 nitrogen and oxygen atoms in total. The van der Waals surface area contributed by atoms with Gasteiger partial charge in [0.15, 0.2) is 0 Å². The Kier molecular flexibility index (Phi) is 3.38. The van der Waals surface area contributed by atoms with Crippen molar-refractivity contribution in [2.45, 2.75) is 13.8 Å². The van der Waals surface area contributed by atoms with Crippen LogP contribution in [0.3, 0.4) is 0 Å². The number of nitrogens with zero attached hydrogens (tertiary/aromatic N) is 2. The van der Waals surface area contributed by atoms with Crippen LogP contribution in [0, 0.1) is 17.0 Å². The first-order valence-electron chi connectivity index (χ1n) is 4.54. The van der Waals surface area contributed by atoms with Gasteiger partial charge in [0, 0.05) is 30.5 Å². The molecule has 0 aromatic heterocycles. The number of nitro benzene ring substituents is 1. The maximum Gasteiger partial charge on any atom is 0.270 e. The highest BCUT2D eigenvalue weighted by atomic mass is 16.6. The number of aryl methyl sites for hydroxylation is 1. The molecule has 0 saturated carbocycles. The molecular formula is C10H12N2O3. The lowest BCUT2D eigenvalue weighted by molar-refractivity contribution is -0.384. The summed E-state index contributed by atoms with van der Waals surface area (Å²) in [5.74, 6) is 0.0396. The quantitative estimate of drug-likeness (QED) is 0.469. The topological polar surface area (TPSA) is 75.7 Å². The zero-order valence-corrected chi connectivity index (χ0v) is 8.60. The summed E-state index contributed by atoms with van der Waals surface area (Å²) in [6, 6.07) is 2.64. The van der Waals surface area contributed by atoms with E-state index in [0.29, 0.717) is 17.7 Å². The van der Waals surface area contributed by atoms with Crippen LogP contribution in [0.1, 0.15) is 18.1 Å². The predicted octanol–water partition coefficient (Wildman–Crippen LogP) is 2.05. The number of non-ortho nitro benzene ring substituents is 1. The lowest BCUT2D eigenvalue weighted by Gasteiger charge is -2.02. The minimum atomic E-state index is -0.490. The van der Waals surface area contributed by atoms with Crippen molar-refractivity contribution in [1.29, 1.82) is 0 Å². The van der Waals surface area contributed by atoms with Gasteiger partial charge in [-0.3, -0.25) is 15.1 Å². The average Bonchev–Trinajstić information content (AvgIpc) is 2.19. The first-order chi connectivity index (χ1) is 7.06. The first-order valence-corrected chi connectivity index (χ1v) is 4.54. The van der Waals surface area contributed by atoms with Crippen molar-refractivity contribution in [3.63, 3.8) is 0 Å². The molecule has 1 aromatic rings. The average molecular weight is 208 g/mol. The monoisotopic (exact) mass is 208 g/mol. The van der Waals surface area contributed by atoms with E-state index in [0.717, 1.165) is 0 Å². The molecule has 0 aliphatic rings. The van der Waals surface area contributed by atoms with E-state index in [4.69, 9.17) is 0 Å². The Hall–Kier alpha value is -1.91. The van der Waals surface area contributed by atoms with Crippen molar-refractivity contribution < 1.29 is 10.0 Å². The van der Waals surface area contributed by atoms with E-state index in [-0.39, 0.29) is 11.4 Å². The number of rotatable bonds is 3. The lowest BCUT2D eigenvalue weighted by atomic mass is 10.1. The van der Waals surface area contributed by atoms with Crippen LogP contribution in [0.15, 0.2) is 17.1 Å². The van der Waals surface area contributed by atoms with Gasteiger partial charge in [-0.1, -0.05) is 0 Å². The minimum absolute atomic E-state index is 0.0390. The summed E-state index contributed by atoms with van der Waals surface area (Å²) < 4.78 is 0. The Balaban J connectivity index is 3.24. The fraction of sp³-hybridized carbons (Fsp3) is 0.300. The van der Waals surface area contributed by atoms with E-state index >= 15 is 0 Å². The maximum atomic E-state index is 10.6. The molecule has 0 radical (unpaired) electrons. The summed E-state index contributed by atoms with van der Waals surface area (Å²) in [5.41, 5.74) is 0.813. The number of nitro groups is 1. The summed E-state index contributed by atoms with van der Waals surface area (Å²) in [6.45, 7) is 4.03. The molecule has 0 amide bonds. The van der Waals surface area contributed by atoms with Gasteiger partial charge in [0.2, 0.25) is 0 Å². The predicted molar refractivity (Wildman–Crippen MR) is 57.6 cm³/mol. The van der Waals surface area contributed by atoms with Crippen molar-refractivity contribution in [1.82, 2.24) is 0 Å². The normalized spacial score (nSPS) is 10.8. The molecule has 1 N–H and O–H groups in total. The van der Waals surface area contributed by atoms with Crippen molar-refractivity contribution >= 4 is 11.9 Å². The van der Waals surface area contributed by atoms with Gasteiger partial charge in [-0.25, -0.2) is 0 Å². The molecule has 0 fully saturated rings. The maximum absolute atomic E-state index is 10.6. The number of benzene rings is 1. The highest BCUT2D eigenvalue weighted by Crippen LogP contribution is 2.26. The van der Waals surface area contributed by atoms with E-state index in [1.807, 2.05) is 6.92 Å². The van der Waals surface area contributed by atoms with Crippen molar-refractivity contribution in [2.24, 2.45) is 4.99 Å². The highest BCUT2D eigenvalue weighted by molar-refractivity contribution is 5.85. The van der Waals surface area contributed by atoms with Gasteiger partial charge in [0.25, 0.3) is 5.69 Å². The molecule has 5 heteroatoms. The van der Waals surface area contributed by atoms with Gasteiger partial charge in [-0.05, 0) is 19.4 Å². The van der Waals surface area contributed by atoms with Crippen LogP contribution in [-0.2, 0) is 0 Å². The van der Waals surface area contributed by atoms with Crippen LogP contribution in [0.4, 0.5) is 5.69 Å². The summed E-state index contributed by atoms with van der Waals surface area (Å²) in [7, 11) is 0. The largest absolute Gasteiger partial charge is 0.507 e. The molecule has 0 heterocycles. The van der Waals surface area contributed by atoms with Crippen LogP contribution in [0.5, 0.6) is 5.75 Å². The zero-order valence-electron chi connectivity index (χ0n) is 8.60. The molecule has 0 saturated heterocycles.